The molecule has 1 aliphatic heterocycles. The number of amides is 3. The topological polar surface area (TPSA) is 61.8 Å². The first-order valence-corrected chi connectivity index (χ1v) is 8.13. The van der Waals surface area contributed by atoms with Crippen LogP contribution in [0.2, 0.25) is 0 Å². The Morgan fingerprint density at radius 1 is 1.23 bits per heavy atom. The molecule has 22 heavy (non-hydrogen) atoms. The molecule has 1 N–H and O–H groups in total. The first kappa shape index (κ1) is 14.9. The zero-order chi connectivity index (χ0) is 15.7. The molecule has 1 saturated heterocycles. The van der Waals surface area contributed by atoms with E-state index in [9.17, 15) is 9.59 Å². The fourth-order valence-electron chi connectivity index (χ4n) is 2.21. The van der Waals surface area contributed by atoms with Gasteiger partial charge in [-0.05, 0) is 40.5 Å². The molecule has 3 rings (SSSR count). The fourth-order valence-corrected chi connectivity index (χ4v) is 3.50. The minimum atomic E-state index is -1.09. The highest BCUT2D eigenvalue weighted by molar-refractivity contribution is 9.11. The number of benzene rings is 1. The number of halogens is 1. The lowest BCUT2D eigenvalue weighted by molar-refractivity contribution is -0.131. The molecule has 1 aromatic heterocycles. The third-order valence-corrected chi connectivity index (χ3v) is 4.97. The van der Waals surface area contributed by atoms with Crippen LogP contribution in [0, 0.1) is 0 Å². The molecule has 112 valence electrons. The number of carbonyl (C=O) groups is 2. The molecule has 0 aliphatic carbocycles. The van der Waals surface area contributed by atoms with Crippen LogP contribution >= 0.6 is 27.3 Å². The van der Waals surface area contributed by atoms with Crippen molar-refractivity contribution < 1.29 is 9.59 Å². The minimum Gasteiger partial charge on any atom is -0.318 e. The van der Waals surface area contributed by atoms with E-state index in [0.717, 1.165) is 19.2 Å². The highest BCUT2D eigenvalue weighted by Crippen LogP contribution is 2.29. The smallest absolute Gasteiger partial charge is 0.318 e. The Kier molecular flexibility index (Phi) is 3.84. The van der Waals surface area contributed by atoms with Crippen LogP contribution in [0.15, 0.2) is 51.4 Å². The summed E-state index contributed by atoms with van der Waals surface area (Å²) in [6.07, 6.45) is 1.50. The van der Waals surface area contributed by atoms with Crippen molar-refractivity contribution in [1.82, 2.24) is 10.3 Å². The van der Waals surface area contributed by atoms with Gasteiger partial charge >= 0.3 is 6.03 Å². The SMILES string of the molecule is C[C@]1(c2ccccc2)NC(=O)N(/N=C\c2ccc(Br)s2)C1=O. The molecule has 0 unspecified atom stereocenters. The van der Waals surface area contributed by atoms with Gasteiger partial charge in [0.05, 0.1) is 10.0 Å². The number of imide groups is 1. The number of nitrogens with one attached hydrogen (secondary N) is 1. The molecule has 0 spiro atoms. The maximum absolute atomic E-state index is 12.6. The fraction of sp³-hybridized carbons (Fsp3) is 0.133. The van der Waals surface area contributed by atoms with E-state index in [4.69, 9.17) is 0 Å². The van der Waals surface area contributed by atoms with Crippen LogP contribution in [0.3, 0.4) is 0 Å². The van der Waals surface area contributed by atoms with Crippen molar-refractivity contribution in [1.29, 1.82) is 0 Å². The van der Waals surface area contributed by atoms with Gasteiger partial charge in [-0.1, -0.05) is 30.3 Å². The number of hydrogen-bond acceptors (Lipinski definition) is 4. The summed E-state index contributed by atoms with van der Waals surface area (Å²) in [5.41, 5.74) is -0.365. The van der Waals surface area contributed by atoms with Crippen molar-refractivity contribution in [3.8, 4) is 0 Å². The Morgan fingerprint density at radius 3 is 2.59 bits per heavy atom. The summed E-state index contributed by atoms with van der Waals surface area (Å²) >= 11 is 4.82. The van der Waals surface area contributed by atoms with Crippen LogP contribution in [0.1, 0.15) is 17.4 Å². The van der Waals surface area contributed by atoms with Crippen LogP contribution in [0.4, 0.5) is 4.79 Å². The number of hydrazone groups is 1. The summed E-state index contributed by atoms with van der Waals surface area (Å²) in [6.45, 7) is 1.68. The molecule has 7 heteroatoms. The maximum atomic E-state index is 12.6. The van der Waals surface area contributed by atoms with Crippen LogP contribution < -0.4 is 5.32 Å². The zero-order valence-electron chi connectivity index (χ0n) is 11.6. The molecule has 0 saturated carbocycles. The lowest BCUT2D eigenvalue weighted by Gasteiger charge is -2.20. The van der Waals surface area contributed by atoms with Crippen molar-refractivity contribution in [2.45, 2.75) is 12.5 Å². The highest BCUT2D eigenvalue weighted by Gasteiger charge is 2.49. The minimum absolute atomic E-state index is 0.393. The number of carbonyl (C=O) groups excluding carboxylic acids is 2. The second kappa shape index (κ2) is 5.66. The molecule has 2 aromatic rings. The van der Waals surface area contributed by atoms with E-state index in [0.29, 0.717) is 0 Å². The van der Waals surface area contributed by atoms with Crippen LogP contribution in [-0.2, 0) is 10.3 Å². The van der Waals surface area contributed by atoms with E-state index < -0.39 is 17.5 Å². The molecule has 5 nitrogen and oxygen atoms in total. The Bertz CT molecular complexity index is 759. The second-order valence-corrected chi connectivity index (χ2v) is 7.42. The lowest BCUT2D eigenvalue weighted by atomic mass is 9.92. The monoisotopic (exact) mass is 377 g/mol. The predicted octanol–water partition coefficient (Wildman–Crippen LogP) is 3.31. The molecule has 1 fully saturated rings. The number of nitrogens with zero attached hydrogens (tertiary/aromatic N) is 2. The van der Waals surface area contributed by atoms with E-state index >= 15 is 0 Å². The van der Waals surface area contributed by atoms with Gasteiger partial charge in [-0.25, -0.2) is 4.79 Å². The third-order valence-electron chi connectivity index (χ3n) is 3.41. The summed E-state index contributed by atoms with van der Waals surface area (Å²) in [6, 6.07) is 12.3. The van der Waals surface area contributed by atoms with Crippen LogP contribution in [-0.4, -0.2) is 23.2 Å². The average Bonchev–Trinajstić information content (AvgIpc) is 3.02. The van der Waals surface area contributed by atoms with E-state index in [1.807, 2.05) is 42.5 Å². The van der Waals surface area contributed by atoms with Gasteiger partial charge in [0.2, 0.25) is 0 Å². The molecule has 0 radical (unpaired) electrons. The van der Waals surface area contributed by atoms with Gasteiger partial charge in [-0.2, -0.15) is 5.10 Å². The Hall–Kier alpha value is -1.99. The molecular formula is C15H12BrN3O2S. The first-order valence-electron chi connectivity index (χ1n) is 6.52. The Balaban J connectivity index is 1.87. The van der Waals surface area contributed by atoms with Gasteiger partial charge in [0.15, 0.2) is 0 Å². The number of hydrogen-bond donors (Lipinski definition) is 1. The van der Waals surface area contributed by atoms with E-state index in [-0.39, 0.29) is 0 Å². The van der Waals surface area contributed by atoms with Crippen molar-refractivity contribution >= 4 is 45.4 Å². The summed E-state index contributed by atoms with van der Waals surface area (Å²) in [7, 11) is 0. The highest BCUT2D eigenvalue weighted by atomic mass is 79.9. The zero-order valence-corrected chi connectivity index (χ0v) is 14.0. The number of rotatable bonds is 3. The maximum Gasteiger partial charge on any atom is 0.346 e. The lowest BCUT2D eigenvalue weighted by Crippen LogP contribution is -2.40. The van der Waals surface area contributed by atoms with Gasteiger partial charge in [-0.3, -0.25) is 4.79 Å². The Morgan fingerprint density at radius 2 is 1.95 bits per heavy atom. The van der Waals surface area contributed by atoms with Crippen molar-refractivity contribution in [2.24, 2.45) is 5.10 Å². The van der Waals surface area contributed by atoms with Crippen LogP contribution in [0.5, 0.6) is 0 Å². The third kappa shape index (κ3) is 2.57. The second-order valence-electron chi connectivity index (χ2n) is 4.92. The largest absolute Gasteiger partial charge is 0.346 e. The van der Waals surface area contributed by atoms with E-state index in [1.54, 1.807) is 6.92 Å². The summed E-state index contributed by atoms with van der Waals surface area (Å²) in [5, 5.41) is 7.61. The normalized spacial score (nSPS) is 21.6. The standard InChI is InChI=1S/C15H12BrN3O2S/c1-15(10-5-3-2-4-6-10)13(20)19(14(21)18-15)17-9-11-7-8-12(16)22-11/h2-9H,1H3,(H,18,21)/b17-9-/t15-/m1/s1. The molecular weight excluding hydrogens is 366 g/mol. The Labute approximate surface area is 139 Å². The summed E-state index contributed by atoms with van der Waals surface area (Å²) in [5.74, 6) is -0.393. The van der Waals surface area contributed by atoms with E-state index in [2.05, 4.69) is 26.3 Å². The van der Waals surface area contributed by atoms with Crippen molar-refractivity contribution in [3.05, 3.63) is 56.7 Å². The van der Waals surface area contributed by atoms with Gasteiger partial charge in [-0.15, -0.1) is 16.3 Å². The van der Waals surface area contributed by atoms with Crippen molar-refractivity contribution in [2.75, 3.05) is 0 Å². The quantitative estimate of drug-likeness (QED) is 0.658. The molecule has 1 aromatic carbocycles. The molecule has 3 amide bonds. The van der Waals surface area contributed by atoms with Gasteiger partial charge in [0.1, 0.15) is 5.54 Å². The van der Waals surface area contributed by atoms with E-state index in [1.165, 1.54) is 17.6 Å². The number of thiophene rings is 1. The van der Waals surface area contributed by atoms with Gasteiger partial charge < -0.3 is 5.32 Å². The summed E-state index contributed by atoms with van der Waals surface area (Å²) in [4.78, 5) is 25.5. The average molecular weight is 378 g/mol. The van der Waals surface area contributed by atoms with Gasteiger partial charge in [0, 0.05) is 4.88 Å². The van der Waals surface area contributed by atoms with Crippen LogP contribution in [0.25, 0.3) is 0 Å². The summed E-state index contributed by atoms with van der Waals surface area (Å²) < 4.78 is 0.959. The molecule has 2 heterocycles. The number of urea groups is 1. The first-order chi connectivity index (χ1) is 10.5. The molecule has 1 atom stereocenters. The van der Waals surface area contributed by atoms with Gasteiger partial charge in [0.25, 0.3) is 5.91 Å². The predicted molar refractivity (Wildman–Crippen MR) is 88.8 cm³/mol. The van der Waals surface area contributed by atoms with Crippen molar-refractivity contribution in [3.63, 3.8) is 0 Å². The molecule has 1 aliphatic rings. The molecule has 0 bridgehead atoms.